The van der Waals surface area contributed by atoms with E-state index in [2.05, 4.69) is 25.4 Å². The minimum atomic E-state index is -3.10. The molecule has 216 valence electrons. The van der Waals surface area contributed by atoms with Gasteiger partial charge in [0, 0.05) is 48.8 Å². The van der Waals surface area contributed by atoms with Gasteiger partial charge < -0.3 is 19.9 Å². The molecule has 1 aromatic carbocycles. The van der Waals surface area contributed by atoms with E-state index in [1.165, 1.54) is 46.0 Å². The topological polar surface area (TPSA) is 110 Å². The molecule has 1 saturated heterocycles. The van der Waals surface area contributed by atoms with Crippen molar-refractivity contribution >= 4 is 34.7 Å². The third kappa shape index (κ3) is 6.63. The van der Waals surface area contributed by atoms with Gasteiger partial charge >= 0.3 is 6.61 Å². The van der Waals surface area contributed by atoms with Crippen LogP contribution in [0.2, 0.25) is 5.02 Å². The van der Waals surface area contributed by atoms with Gasteiger partial charge in [-0.05, 0) is 57.1 Å². The van der Waals surface area contributed by atoms with Crippen molar-refractivity contribution in [2.75, 3.05) is 39.0 Å². The third-order valence-electron chi connectivity index (χ3n) is 6.74. The van der Waals surface area contributed by atoms with Crippen molar-refractivity contribution in [3.05, 3.63) is 59.6 Å². The minimum absolute atomic E-state index is 0.109. The molecule has 5 rings (SSSR count). The Balaban J connectivity index is 1.46. The van der Waals surface area contributed by atoms with Crippen LogP contribution in [0.4, 0.5) is 14.5 Å². The highest BCUT2D eigenvalue weighted by molar-refractivity contribution is 6.31. The number of rotatable bonds is 9. The van der Waals surface area contributed by atoms with Gasteiger partial charge in [-0.3, -0.25) is 14.3 Å². The number of anilines is 1. The first-order valence-electron chi connectivity index (χ1n) is 13.0. The summed E-state index contributed by atoms with van der Waals surface area (Å²) in [5, 5.41) is 11.7. The first-order chi connectivity index (χ1) is 19.7. The molecule has 11 nitrogen and oxygen atoms in total. The van der Waals surface area contributed by atoms with E-state index < -0.39 is 12.5 Å². The molecular formula is C27H29ClF2N8O3. The Kier molecular flexibility index (Phi) is 8.45. The van der Waals surface area contributed by atoms with Crippen molar-refractivity contribution in [1.29, 1.82) is 0 Å². The van der Waals surface area contributed by atoms with Crippen LogP contribution in [0.3, 0.4) is 0 Å². The molecule has 0 spiro atoms. The first kappa shape index (κ1) is 28.4. The quantitative estimate of drug-likeness (QED) is 0.317. The van der Waals surface area contributed by atoms with Crippen molar-refractivity contribution in [1.82, 2.24) is 34.2 Å². The maximum absolute atomic E-state index is 13.3. The number of hydrogen-bond donors (Lipinski definition) is 1. The van der Waals surface area contributed by atoms with Gasteiger partial charge in [-0.1, -0.05) is 11.6 Å². The summed E-state index contributed by atoms with van der Waals surface area (Å²) in [5.41, 5.74) is 0.925. The molecule has 0 unspecified atom stereocenters. The number of amides is 2. The molecule has 1 aliphatic rings. The number of hydrogen-bond acceptors (Lipinski definition) is 7. The number of fused-ring (bicyclic) bond motifs is 1. The lowest BCUT2D eigenvalue weighted by Crippen LogP contribution is -2.44. The molecular weight excluding hydrogens is 558 g/mol. The molecule has 1 atom stereocenters. The average molecular weight is 587 g/mol. The predicted molar refractivity (Wildman–Crippen MR) is 148 cm³/mol. The maximum Gasteiger partial charge on any atom is 0.387 e. The van der Waals surface area contributed by atoms with Crippen LogP contribution in [0.1, 0.15) is 23.2 Å². The number of alkyl halides is 2. The van der Waals surface area contributed by atoms with Gasteiger partial charge in [-0.15, -0.1) is 0 Å². The molecule has 2 amide bonds. The Morgan fingerprint density at radius 3 is 2.90 bits per heavy atom. The summed E-state index contributed by atoms with van der Waals surface area (Å²) >= 11 is 6.20. The highest BCUT2D eigenvalue weighted by Gasteiger charge is 2.26. The summed E-state index contributed by atoms with van der Waals surface area (Å²) in [4.78, 5) is 34.7. The van der Waals surface area contributed by atoms with Gasteiger partial charge in [0.05, 0.1) is 11.9 Å². The van der Waals surface area contributed by atoms with E-state index in [4.69, 9.17) is 16.3 Å². The maximum atomic E-state index is 13.3. The highest BCUT2D eigenvalue weighted by Crippen LogP contribution is 2.37. The number of aromatic nitrogens is 5. The van der Waals surface area contributed by atoms with E-state index in [1.807, 2.05) is 19.0 Å². The van der Waals surface area contributed by atoms with Gasteiger partial charge in [0.1, 0.15) is 23.6 Å². The fourth-order valence-corrected chi connectivity index (χ4v) is 5.22. The zero-order valence-corrected chi connectivity index (χ0v) is 23.3. The van der Waals surface area contributed by atoms with Crippen molar-refractivity contribution in [3.8, 4) is 17.0 Å². The third-order valence-corrected chi connectivity index (χ3v) is 6.97. The van der Waals surface area contributed by atoms with Crippen LogP contribution in [-0.4, -0.2) is 86.3 Å². The zero-order valence-electron chi connectivity index (χ0n) is 22.5. The molecule has 1 aliphatic heterocycles. The summed E-state index contributed by atoms with van der Waals surface area (Å²) < 4.78 is 34.0. The van der Waals surface area contributed by atoms with E-state index in [0.717, 1.165) is 19.4 Å². The van der Waals surface area contributed by atoms with Crippen LogP contribution in [0, 0.1) is 5.92 Å². The first-order valence-corrected chi connectivity index (χ1v) is 13.4. The molecule has 0 bridgehead atoms. The molecule has 4 aromatic rings. The van der Waals surface area contributed by atoms with E-state index >= 15 is 0 Å². The molecule has 41 heavy (non-hydrogen) atoms. The van der Waals surface area contributed by atoms with Crippen LogP contribution in [-0.2, 0) is 11.3 Å². The van der Waals surface area contributed by atoms with E-state index in [-0.39, 0.29) is 45.7 Å². The summed E-state index contributed by atoms with van der Waals surface area (Å²) in [7, 11) is 4.01. The van der Waals surface area contributed by atoms with Crippen LogP contribution < -0.4 is 10.1 Å². The Morgan fingerprint density at radius 2 is 2.12 bits per heavy atom. The monoisotopic (exact) mass is 586 g/mol. The average Bonchev–Trinajstić information content (AvgIpc) is 3.53. The number of nitrogens with zero attached hydrogens (tertiary/aromatic N) is 7. The largest absolute Gasteiger partial charge is 0.434 e. The van der Waals surface area contributed by atoms with Crippen molar-refractivity contribution < 1.29 is 23.1 Å². The Labute approximate surface area is 239 Å². The summed E-state index contributed by atoms with van der Waals surface area (Å²) in [6.07, 6.45) is 7.99. The van der Waals surface area contributed by atoms with Crippen LogP contribution in [0.15, 0.2) is 49.1 Å². The number of benzene rings is 1. The molecule has 0 aliphatic carbocycles. The van der Waals surface area contributed by atoms with Crippen molar-refractivity contribution in [2.45, 2.75) is 26.0 Å². The molecule has 14 heteroatoms. The molecule has 1 fully saturated rings. The molecule has 3 aromatic heterocycles. The normalized spacial score (nSPS) is 15.6. The van der Waals surface area contributed by atoms with E-state index in [0.29, 0.717) is 24.7 Å². The Bertz CT molecular complexity index is 1560. The standard InChI is InChI=1S/C27H29ClF2N8O3/c1-35(2)13-17-5-3-9-36(14-17)23(39)16-37-15-21(33-26(40)20-12-32-38-10-4-8-31-25(20)38)24(34-37)19-11-18(28)6-7-22(19)41-27(29)30/h4,6-8,10-12,15,17,27H,3,5,9,13-14,16H2,1-2H3,(H,33,40)/t17-/m0/s1. The minimum Gasteiger partial charge on any atom is -0.434 e. The predicted octanol–water partition coefficient (Wildman–Crippen LogP) is 3.90. The second-order valence-electron chi connectivity index (χ2n) is 10.1. The summed E-state index contributed by atoms with van der Waals surface area (Å²) in [5.74, 6) is -0.503. The Hall–Kier alpha value is -4.10. The smallest absolute Gasteiger partial charge is 0.387 e. The number of ether oxygens (including phenoxy) is 1. The number of halogens is 3. The lowest BCUT2D eigenvalue weighted by atomic mass is 9.97. The second kappa shape index (κ2) is 12.2. The number of likely N-dealkylation sites (tertiary alicyclic amines) is 1. The fourth-order valence-electron chi connectivity index (χ4n) is 5.05. The van der Waals surface area contributed by atoms with E-state index in [9.17, 15) is 18.4 Å². The Morgan fingerprint density at radius 1 is 1.29 bits per heavy atom. The van der Waals surface area contributed by atoms with Crippen LogP contribution >= 0.6 is 11.6 Å². The highest BCUT2D eigenvalue weighted by atomic mass is 35.5. The zero-order chi connectivity index (χ0) is 29.1. The molecule has 0 radical (unpaired) electrons. The van der Waals surface area contributed by atoms with Crippen molar-refractivity contribution in [2.24, 2.45) is 5.92 Å². The molecule has 4 heterocycles. The van der Waals surface area contributed by atoms with Crippen molar-refractivity contribution in [3.63, 3.8) is 0 Å². The number of carbonyl (C=O) groups excluding carboxylic acids is 2. The van der Waals surface area contributed by atoms with Crippen LogP contribution in [0.25, 0.3) is 16.9 Å². The fraction of sp³-hybridized carbons (Fsp3) is 0.370. The van der Waals surface area contributed by atoms with Gasteiger partial charge in [0.15, 0.2) is 5.65 Å². The van der Waals surface area contributed by atoms with Gasteiger partial charge in [-0.25, -0.2) is 9.50 Å². The van der Waals surface area contributed by atoms with Gasteiger partial charge in [-0.2, -0.15) is 19.0 Å². The summed E-state index contributed by atoms with van der Waals surface area (Å²) in [6, 6.07) is 5.80. The van der Waals surface area contributed by atoms with E-state index in [1.54, 1.807) is 12.3 Å². The van der Waals surface area contributed by atoms with Crippen LogP contribution in [0.5, 0.6) is 5.75 Å². The van der Waals surface area contributed by atoms with Gasteiger partial charge in [0.2, 0.25) is 5.91 Å². The number of carbonyl (C=O) groups is 2. The number of nitrogens with one attached hydrogen (secondary N) is 1. The SMILES string of the molecule is CN(C)C[C@@H]1CCCN(C(=O)Cn2cc(NC(=O)c3cnn4cccnc34)c(-c3cc(Cl)ccc3OC(F)F)n2)C1. The molecule has 0 saturated carbocycles. The lowest BCUT2D eigenvalue weighted by Gasteiger charge is -2.34. The number of piperidine rings is 1. The second-order valence-corrected chi connectivity index (χ2v) is 10.6. The molecule has 1 N–H and O–H groups in total. The summed E-state index contributed by atoms with van der Waals surface area (Å²) in [6.45, 7) is -1.05. The van der Waals surface area contributed by atoms with Gasteiger partial charge in [0.25, 0.3) is 5.91 Å². The lowest BCUT2D eigenvalue weighted by molar-refractivity contribution is -0.134.